The lowest BCUT2D eigenvalue weighted by atomic mass is 9.73. The molecule has 2 aliphatic heterocycles. The first-order valence-electron chi connectivity index (χ1n) is 11.7. The van der Waals surface area contributed by atoms with Gasteiger partial charge in [-0.25, -0.2) is 0 Å². The molecule has 1 fully saturated rings. The minimum Gasteiger partial charge on any atom is -0.381 e. The van der Waals surface area contributed by atoms with Crippen LogP contribution in [0.4, 0.5) is 18.9 Å². The number of ether oxygens (including phenoxy) is 1. The predicted molar refractivity (Wildman–Crippen MR) is 124 cm³/mol. The molecule has 2 aromatic rings. The molecule has 1 aliphatic carbocycles. The molecule has 5 atom stereocenters. The van der Waals surface area contributed by atoms with E-state index in [0.717, 1.165) is 31.5 Å². The molecular weight excluding hydrogens is 425 g/mol. The van der Waals surface area contributed by atoms with E-state index >= 15 is 0 Å². The number of nitrogens with one attached hydrogen (secondary N) is 2. The van der Waals surface area contributed by atoms with Crippen molar-refractivity contribution in [2.24, 2.45) is 11.8 Å². The summed E-state index contributed by atoms with van der Waals surface area (Å²) < 4.78 is 46.9. The summed E-state index contributed by atoms with van der Waals surface area (Å²) in [5.41, 5.74) is 1.98. The average molecular weight is 455 g/mol. The number of rotatable bonds is 5. The molecule has 6 heteroatoms. The molecule has 1 saturated heterocycles. The molecule has 2 N–H and O–H groups in total. The van der Waals surface area contributed by atoms with Crippen LogP contribution >= 0.6 is 0 Å². The lowest BCUT2D eigenvalue weighted by Crippen LogP contribution is -2.48. The number of fused-ring (bicyclic) bond motifs is 3. The molecule has 174 valence electrons. The molecule has 33 heavy (non-hydrogen) atoms. The molecule has 0 amide bonds. The Kier molecular flexibility index (Phi) is 6.30. The quantitative estimate of drug-likeness (QED) is 0.560. The summed E-state index contributed by atoms with van der Waals surface area (Å²) in [6.45, 7) is 1.42. The molecule has 0 saturated carbocycles. The van der Waals surface area contributed by atoms with E-state index in [4.69, 9.17) is 4.74 Å². The molecule has 3 nitrogen and oxygen atoms in total. The summed E-state index contributed by atoms with van der Waals surface area (Å²) in [5, 5.41) is 7.04. The SMILES string of the molecule is FC(F)(F)c1ccc2c(c1)[C@H]1O[C@@H](CNCc3ccccc3)CC[C@H]1[C@H](C1C=CC=CC1)N2. The number of halogens is 3. The lowest BCUT2D eigenvalue weighted by molar-refractivity contribution is -0.138. The molecule has 2 aromatic carbocycles. The molecule has 5 rings (SSSR count). The van der Waals surface area contributed by atoms with Gasteiger partial charge in [-0.2, -0.15) is 13.2 Å². The Balaban J connectivity index is 1.36. The van der Waals surface area contributed by atoms with Crippen LogP contribution in [0.2, 0.25) is 0 Å². The smallest absolute Gasteiger partial charge is 0.381 e. The molecule has 0 radical (unpaired) electrons. The summed E-state index contributed by atoms with van der Waals surface area (Å²) in [5.74, 6) is 0.432. The number of hydrogen-bond acceptors (Lipinski definition) is 3. The fourth-order valence-electron chi connectivity index (χ4n) is 5.38. The Bertz CT molecular complexity index is 1020. The van der Waals surface area contributed by atoms with Crippen LogP contribution in [0.15, 0.2) is 72.8 Å². The molecule has 1 unspecified atom stereocenters. The fraction of sp³-hybridized carbons (Fsp3) is 0.407. The highest BCUT2D eigenvalue weighted by Crippen LogP contribution is 2.49. The van der Waals surface area contributed by atoms with E-state index < -0.39 is 11.7 Å². The topological polar surface area (TPSA) is 33.3 Å². The number of alkyl halides is 3. The van der Waals surface area contributed by atoms with Crippen LogP contribution in [0.3, 0.4) is 0 Å². The van der Waals surface area contributed by atoms with Gasteiger partial charge in [0.2, 0.25) is 0 Å². The molecule has 2 heterocycles. The maximum absolute atomic E-state index is 13.5. The van der Waals surface area contributed by atoms with Crippen LogP contribution < -0.4 is 10.6 Å². The van der Waals surface area contributed by atoms with Crippen molar-refractivity contribution in [2.75, 3.05) is 11.9 Å². The third-order valence-corrected chi connectivity index (χ3v) is 7.04. The third-order valence-electron chi connectivity index (χ3n) is 7.04. The summed E-state index contributed by atoms with van der Waals surface area (Å²) in [6.07, 6.45) is 6.47. The van der Waals surface area contributed by atoms with Crippen LogP contribution in [0, 0.1) is 11.8 Å². The van der Waals surface area contributed by atoms with Crippen LogP contribution in [-0.2, 0) is 17.5 Å². The highest BCUT2D eigenvalue weighted by molar-refractivity contribution is 5.58. The summed E-state index contributed by atoms with van der Waals surface area (Å²) in [4.78, 5) is 0. The number of anilines is 1. The third kappa shape index (κ3) is 4.87. The first-order valence-corrected chi connectivity index (χ1v) is 11.7. The van der Waals surface area contributed by atoms with E-state index in [9.17, 15) is 13.2 Å². The van der Waals surface area contributed by atoms with Crippen molar-refractivity contribution in [3.63, 3.8) is 0 Å². The highest BCUT2D eigenvalue weighted by Gasteiger charge is 2.44. The Hall–Kier alpha value is -2.57. The second-order valence-electron chi connectivity index (χ2n) is 9.22. The van der Waals surface area contributed by atoms with Crippen molar-refractivity contribution < 1.29 is 17.9 Å². The Morgan fingerprint density at radius 3 is 2.64 bits per heavy atom. The summed E-state index contributed by atoms with van der Waals surface area (Å²) in [7, 11) is 0. The van der Waals surface area contributed by atoms with E-state index in [1.165, 1.54) is 17.7 Å². The van der Waals surface area contributed by atoms with Gasteiger partial charge in [-0.05, 0) is 43.0 Å². The van der Waals surface area contributed by atoms with Crippen LogP contribution in [0.25, 0.3) is 0 Å². The normalized spacial score (nSPS) is 28.6. The van der Waals surface area contributed by atoms with Crippen molar-refractivity contribution in [3.8, 4) is 0 Å². The first kappa shape index (κ1) is 22.2. The van der Waals surface area contributed by atoms with E-state index in [-0.39, 0.29) is 24.2 Å². The zero-order valence-corrected chi connectivity index (χ0v) is 18.4. The maximum Gasteiger partial charge on any atom is 0.416 e. The average Bonchev–Trinajstić information content (AvgIpc) is 2.84. The monoisotopic (exact) mass is 454 g/mol. The fourth-order valence-corrected chi connectivity index (χ4v) is 5.38. The van der Waals surface area contributed by atoms with E-state index in [0.29, 0.717) is 18.0 Å². The lowest BCUT2D eigenvalue weighted by Gasteiger charge is -2.47. The van der Waals surface area contributed by atoms with E-state index in [2.05, 4.69) is 41.0 Å². The van der Waals surface area contributed by atoms with Gasteiger partial charge in [0, 0.05) is 42.2 Å². The molecule has 0 bridgehead atoms. The van der Waals surface area contributed by atoms with Gasteiger partial charge in [-0.15, -0.1) is 0 Å². The summed E-state index contributed by atoms with van der Waals surface area (Å²) in [6, 6.07) is 14.3. The van der Waals surface area contributed by atoms with Gasteiger partial charge in [0.15, 0.2) is 0 Å². The van der Waals surface area contributed by atoms with Gasteiger partial charge in [-0.3, -0.25) is 0 Å². The predicted octanol–water partition coefficient (Wildman–Crippen LogP) is 6.26. The maximum atomic E-state index is 13.5. The van der Waals surface area contributed by atoms with Crippen molar-refractivity contribution in [3.05, 3.63) is 89.5 Å². The minimum atomic E-state index is -4.37. The molecule has 3 aliphatic rings. The Morgan fingerprint density at radius 1 is 1.03 bits per heavy atom. The van der Waals surface area contributed by atoms with Crippen LogP contribution in [-0.4, -0.2) is 18.7 Å². The zero-order chi connectivity index (χ0) is 22.8. The molecule has 0 aromatic heterocycles. The number of allylic oxidation sites excluding steroid dienone is 3. The van der Waals surface area contributed by atoms with Gasteiger partial charge < -0.3 is 15.4 Å². The van der Waals surface area contributed by atoms with Crippen molar-refractivity contribution >= 4 is 5.69 Å². The number of hydrogen-bond donors (Lipinski definition) is 2. The van der Waals surface area contributed by atoms with Gasteiger partial charge in [-0.1, -0.05) is 54.6 Å². The van der Waals surface area contributed by atoms with Crippen molar-refractivity contribution in [2.45, 2.75) is 50.2 Å². The van der Waals surface area contributed by atoms with Crippen LogP contribution in [0.5, 0.6) is 0 Å². The van der Waals surface area contributed by atoms with Gasteiger partial charge in [0.25, 0.3) is 0 Å². The van der Waals surface area contributed by atoms with E-state index in [1.54, 1.807) is 6.07 Å². The van der Waals surface area contributed by atoms with Crippen molar-refractivity contribution in [1.82, 2.24) is 5.32 Å². The van der Waals surface area contributed by atoms with Crippen LogP contribution in [0.1, 0.15) is 42.1 Å². The van der Waals surface area contributed by atoms with Crippen molar-refractivity contribution in [1.29, 1.82) is 0 Å². The Labute approximate surface area is 192 Å². The minimum absolute atomic E-state index is 0.0297. The number of benzene rings is 2. The van der Waals surface area contributed by atoms with Gasteiger partial charge in [0.05, 0.1) is 17.8 Å². The van der Waals surface area contributed by atoms with Gasteiger partial charge in [0.1, 0.15) is 0 Å². The largest absolute Gasteiger partial charge is 0.416 e. The zero-order valence-electron chi connectivity index (χ0n) is 18.4. The second-order valence-corrected chi connectivity index (χ2v) is 9.22. The van der Waals surface area contributed by atoms with E-state index in [1.807, 2.05) is 24.3 Å². The first-order chi connectivity index (χ1) is 16.0. The Morgan fingerprint density at radius 2 is 1.88 bits per heavy atom. The second kappa shape index (κ2) is 9.35. The molecule has 0 spiro atoms. The standard InChI is InChI=1S/C27H29F3N2O/c28-27(29,30)20-11-14-24-23(15-20)26-22(25(32-24)19-9-5-2-6-10-19)13-12-21(33-26)17-31-16-18-7-3-1-4-8-18/h1-9,11,14-15,19,21-22,25-26,31-32H,10,12-13,16-17H2/t19?,21-,22+,25+,26+/m1/s1. The van der Waals surface area contributed by atoms with Gasteiger partial charge >= 0.3 is 6.18 Å². The highest BCUT2D eigenvalue weighted by atomic mass is 19.4. The summed E-state index contributed by atoms with van der Waals surface area (Å²) >= 11 is 0. The molecular formula is C27H29F3N2O.